The van der Waals surface area contributed by atoms with Gasteiger partial charge in [-0.15, -0.1) is 10.2 Å². The number of halogens is 1. The van der Waals surface area contributed by atoms with Crippen LogP contribution >= 0.6 is 11.6 Å². The highest BCUT2D eigenvalue weighted by Crippen LogP contribution is 2.23. The molecule has 25 heavy (non-hydrogen) atoms. The summed E-state index contributed by atoms with van der Waals surface area (Å²) in [5.41, 5.74) is 2.80. The average molecular weight is 357 g/mol. The SMILES string of the molecule is Cc1ccc(-c2nnc([C@H](C)OC(=O)Cc3ccc(Cl)cc3)o2)cc1. The Bertz CT molecular complexity index is 857. The highest BCUT2D eigenvalue weighted by Gasteiger charge is 2.19. The fourth-order valence-corrected chi connectivity index (χ4v) is 2.40. The molecule has 0 aliphatic rings. The molecule has 0 spiro atoms. The van der Waals surface area contributed by atoms with Gasteiger partial charge in [-0.1, -0.05) is 41.4 Å². The van der Waals surface area contributed by atoms with E-state index in [0.717, 1.165) is 16.7 Å². The second-order valence-corrected chi connectivity index (χ2v) is 6.18. The summed E-state index contributed by atoms with van der Waals surface area (Å²) in [6.07, 6.45) is -0.466. The molecule has 1 heterocycles. The average Bonchev–Trinajstić information content (AvgIpc) is 3.08. The standard InChI is InChI=1S/C19H17ClN2O3/c1-12-3-7-15(8-4-12)19-22-21-18(25-19)13(2)24-17(23)11-14-5-9-16(20)10-6-14/h3-10,13H,11H2,1-2H3/t13-/m0/s1. The zero-order chi connectivity index (χ0) is 17.8. The lowest BCUT2D eigenvalue weighted by molar-refractivity contribution is -0.148. The third-order valence-electron chi connectivity index (χ3n) is 3.66. The number of carbonyl (C=O) groups excluding carboxylic acids is 1. The van der Waals surface area contributed by atoms with Crippen molar-refractivity contribution in [1.82, 2.24) is 10.2 Å². The maximum atomic E-state index is 12.1. The van der Waals surface area contributed by atoms with Gasteiger partial charge < -0.3 is 9.15 Å². The molecule has 0 amide bonds. The first-order chi connectivity index (χ1) is 12.0. The van der Waals surface area contributed by atoms with E-state index in [9.17, 15) is 4.79 Å². The zero-order valence-corrected chi connectivity index (χ0v) is 14.7. The minimum absolute atomic E-state index is 0.153. The molecular weight excluding hydrogens is 340 g/mol. The quantitative estimate of drug-likeness (QED) is 0.627. The first kappa shape index (κ1) is 17.2. The fourth-order valence-electron chi connectivity index (χ4n) is 2.27. The maximum Gasteiger partial charge on any atom is 0.311 e. The lowest BCUT2D eigenvalue weighted by atomic mass is 10.1. The molecule has 0 saturated heterocycles. The van der Waals surface area contributed by atoms with Gasteiger partial charge in [0.25, 0.3) is 5.89 Å². The Labute approximate surface area is 150 Å². The van der Waals surface area contributed by atoms with Crippen LogP contribution in [0.4, 0.5) is 0 Å². The highest BCUT2D eigenvalue weighted by atomic mass is 35.5. The van der Waals surface area contributed by atoms with Crippen molar-refractivity contribution in [2.75, 3.05) is 0 Å². The van der Waals surface area contributed by atoms with Gasteiger partial charge in [0, 0.05) is 10.6 Å². The van der Waals surface area contributed by atoms with E-state index >= 15 is 0 Å². The molecule has 0 aliphatic carbocycles. The minimum Gasteiger partial charge on any atom is -0.452 e. The lowest BCUT2D eigenvalue weighted by Gasteiger charge is -2.09. The predicted molar refractivity (Wildman–Crippen MR) is 94.1 cm³/mol. The van der Waals surface area contributed by atoms with Crippen molar-refractivity contribution in [3.63, 3.8) is 0 Å². The van der Waals surface area contributed by atoms with Crippen LogP contribution < -0.4 is 0 Å². The number of nitrogens with zero attached hydrogens (tertiary/aromatic N) is 2. The second kappa shape index (κ2) is 7.49. The van der Waals surface area contributed by atoms with Crippen LogP contribution in [0.2, 0.25) is 5.02 Å². The molecule has 6 heteroatoms. The fraction of sp³-hybridized carbons (Fsp3) is 0.211. The van der Waals surface area contributed by atoms with E-state index in [1.165, 1.54) is 0 Å². The Hall–Kier alpha value is -2.66. The van der Waals surface area contributed by atoms with Gasteiger partial charge in [0.15, 0.2) is 6.10 Å². The second-order valence-electron chi connectivity index (χ2n) is 5.75. The van der Waals surface area contributed by atoms with E-state index in [-0.39, 0.29) is 18.3 Å². The molecule has 0 unspecified atom stereocenters. The Kier molecular flexibility index (Phi) is 5.14. The number of esters is 1. The molecular formula is C19H17ClN2O3. The van der Waals surface area contributed by atoms with Gasteiger partial charge in [-0.05, 0) is 43.7 Å². The van der Waals surface area contributed by atoms with E-state index in [1.54, 1.807) is 31.2 Å². The molecule has 0 saturated carbocycles. The van der Waals surface area contributed by atoms with Gasteiger partial charge in [-0.3, -0.25) is 4.79 Å². The number of ether oxygens (including phenoxy) is 1. The number of benzene rings is 2. The number of rotatable bonds is 5. The molecule has 0 radical (unpaired) electrons. The number of aromatic nitrogens is 2. The Morgan fingerprint density at radius 2 is 1.80 bits per heavy atom. The highest BCUT2D eigenvalue weighted by molar-refractivity contribution is 6.30. The van der Waals surface area contributed by atoms with E-state index in [0.29, 0.717) is 10.9 Å². The van der Waals surface area contributed by atoms with Crippen molar-refractivity contribution in [3.05, 3.63) is 70.6 Å². The Balaban J connectivity index is 1.63. The van der Waals surface area contributed by atoms with Crippen molar-refractivity contribution >= 4 is 17.6 Å². The summed E-state index contributed by atoms with van der Waals surface area (Å²) in [7, 11) is 0. The van der Waals surface area contributed by atoms with Crippen LogP contribution in [0.25, 0.3) is 11.5 Å². The number of carbonyl (C=O) groups is 1. The van der Waals surface area contributed by atoms with Crippen LogP contribution in [0.1, 0.15) is 30.0 Å². The van der Waals surface area contributed by atoms with Gasteiger partial charge in [0.1, 0.15) is 0 Å². The summed E-state index contributed by atoms with van der Waals surface area (Å²) in [6, 6.07) is 14.8. The molecule has 0 bridgehead atoms. The number of hydrogen-bond acceptors (Lipinski definition) is 5. The number of hydrogen-bond donors (Lipinski definition) is 0. The van der Waals surface area contributed by atoms with Crippen LogP contribution in [-0.4, -0.2) is 16.2 Å². The van der Waals surface area contributed by atoms with Crippen molar-refractivity contribution in [2.45, 2.75) is 26.4 Å². The summed E-state index contributed by atoms with van der Waals surface area (Å²) in [4.78, 5) is 12.1. The largest absolute Gasteiger partial charge is 0.452 e. The normalized spacial score (nSPS) is 12.0. The van der Waals surface area contributed by atoms with Crippen LogP contribution in [0.3, 0.4) is 0 Å². The molecule has 0 N–H and O–H groups in total. The monoisotopic (exact) mass is 356 g/mol. The molecule has 2 aromatic carbocycles. The summed E-state index contributed by atoms with van der Waals surface area (Å²) >= 11 is 5.83. The summed E-state index contributed by atoms with van der Waals surface area (Å²) < 4.78 is 11.0. The van der Waals surface area contributed by atoms with Gasteiger partial charge in [-0.25, -0.2) is 0 Å². The van der Waals surface area contributed by atoms with Gasteiger partial charge in [0.05, 0.1) is 6.42 Å². The maximum absolute atomic E-state index is 12.1. The van der Waals surface area contributed by atoms with Crippen LogP contribution in [0.15, 0.2) is 52.9 Å². The van der Waals surface area contributed by atoms with Crippen molar-refractivity contribution < 1.29 is 13.9 Å². The molecule has 1 atom stereocenters. The summed E-state index contributed by atoms with van der Waals surface area (Å²) in [5, 5.41) is 8.62. The Morgan fingerprint density at radius 1 is 1.12 bits per heavy atom. The zero-order valence-electron chi connectivity index (χ0n) is 13.9. The van der Waals surface area contributed by atoms with Gasteiger partial charge in [-0.2, -0.15) is 0 Å². The summed E-state index contributed by atoms with van der Waals surface area (Å²) in [5.74, 6) is 0.292. The molecule has 1 aromatic heterocycles. The predicted octanol–water partition coefficient (Wildman–Crippen LogP) is 4.55. The van der Waals surface area contributed by atoms with Crippen molar-refractivity contribution in [2.24, 2.45) is 0 Å². The van der Waals surface area contributed by atoms with Gasteiger partial charge in [0.2, 0.25) is 5.89 Å². The molecule has 128 valence electrons. The first-order valence-corrected chi connectivity index (χ1v) is 8.23. The lowest BCUT2D eigenvalue weighted by Crippen LogP contribution is -2.11. The van der Waals surface area contributed by atoms with E-state index in [4.69, 9.17) is 20.8 Å². The van der Waals surface area contributed by atoms with Crippen LogP contribution in [-0.2, 0) is 16.0 Å². The van der Waals surface area contributed by atoms with E-state index in [1.807, 2.05) is 31.2 Å². The topological polar surface area (TPSA) is 65.2 Å². The van der Waals surface area contributed by atoms with Crippen molar-refractivity contribution in [1.29, 1.82) is 0 Å². The number of aryl methyl sites for hydroxylation is 1. The molecule has 3 aromatic rings. The van der Waals surface area contributed by atoms with E-state index in [2.05, 4.69) is 10.2 Å². The smallest absolute Gasteiger partial charge is 0.311 e. The van der Waals surface area contributed by atoms with Crippen LogP contribution in [0.5, 0.6) is 0 Å². The minimum atomic E-state index is -0.619. The summed E-state index contributed by atoms with van der Waals surface area (Å²) in [6.45, 7) is 3.71. The molecule has 5 nitrogen and oxygen atoms in total. The first-order valence-electron chi connectivity index (χ1n) is 7.85. The third-order valence-corrected chi connectivity index (χ3v) is 3.91. The third kappa shape index (κ3) is 4.45. The molecule has 0 fully saturated rings. The van der Waals surface area contributed by atoms with Crippen LogP contribution in [0, 0.1) is 6.92 Å². The van der Waals surface area contributed by atoms with Gasteiger partial charge >= 0.3 is 5.97 Å². The molecule has 3 rings (SSSR count). The molecule has 0 aliphatic heterocycles. The van der Waals surface area contributed by atoms with E-state index < -0.39 is 6.10 Å². The van der Waals surface area contributed by atoms with Crippen molar-refractivity contribution in [3.8, 4) is 11.5 Å². The Morgan fingerprint density at radius 3 is 2.48 bits per heavy atom.